The van der Waals surface area contributed by atoms with Crippen LogP contribution in [0.4, 0.5) is 0 Å². The summed E-state index contributed by atoms with van der Waals surface area (Å²) in [5, 5.41) is 8.73. The van der Waals surface area contributed by atoms with Gasteiger partial charge in [0.05, 0.1) is 28.2 Å². The average Bonchev–Trinajstić information content (AvgIpc) is 2.42. The van der Waals surface area contributed by atoms with E-state index in [0.29, 0.717) is 11.3 Å². The number of nitriles is 1. The highest BCUT2D eigenvalue weighted by Crippen LogP contribution is 2.16. The first-order valence-corrected chi connectivity index (χ1v) is 7.36. The fourth-order valence-electron chi connectivity index (χ4n) is 1.77. The molecule has 0 radical (unpaired) electrons. The van der Waals surface area contributed by atoms with Gasteiger partial charge in [-0.3, -0.25) is 4.21 Å². The Morgan fingerprint density at radius 2 is 1.74 bits per heavy atom. The van der Waals surface area contributed by atoms with Crippen LogP contribution in [-0.4, -0.2) is 4.21 Å². The largest absolute Gasteiger partial charge is 0.254 e. The Kier molecular flexibility index (Phi) is 4.13. The van der Waals surface area contributed by atoms with Gasteiger partial charge in [0.15, 0.2) is 0 Å². The molecule has 0 amide bonds. The Labute approximate surface area is 116 Å². The summed E-state index contributed by atoms with van der Waals surface area (Å²) in [4.78, 5) is 0.854. The van der Waals surface area contributed by atoms with Crippen molar-refractivity contribution in [3.63, 3.8) is 0 Å². The van der Waals surface area contributed by atoms with E-state index >= 15 is 0 Å². The predicted molar refractivity (Wildman–Crippen MR) is 77.2 cm³/mol. The third-order valence-corrected chi connectivity index (χ3v) is 4.50. The zero-order valence-electron chi connectivity index (χ0n) is 11.0. The molecule has 0 aliphatic rings. The SMILES string of the molecule is Cc1ccc(S(=O)Cc2ccc(C#N)cc2)cc1C. The number of nitrogens with zero attached hydrogens (tertiary/aromatic N) is 1. The molecule has 0 saturated heterocycles. The second-order valence-electron chi connectivity index (χ2n) is 4.54. The van der Waals surface area contributed by atoms with Gasteiger partial charge >= 0.3 is 0 Å². The van der Waals surface area contributed by atoms with Gasteiger partial charge in [-0.15, -0.1) is 0 Å². The molecule has 2 aromatic carbocycles. The number of rotatable bonds is 3. The summed E-state index contributed by atoms with van der Waals surface area (Å²) in [6, 6.07) is 15.2. The maximum Gasteiger partial charge on any atom is 0.0991 e. The van der Waals surface area contributed by atoms with Crippen molar-refractivity contribution in [1.82, 2.24) is 0 Å². The second-order valence-corrected chi connectivity index (χ2v) is 6.00. The van der Waals surface area contributed by atoms with Gasteiger partial charge in [0.2, 0.25) is 0 Å². The maximum atomic E-state index is 12.3. The maximum absolute atomic E-state index is 12.3. The lowest BCUT2D eigenvalue weighted by Crippen LogP contribution is -1.97. The van der Waals surface area contributed by atoms with Crippen LogP contribution in [0.5, 0.6) is 0 Å². The summed E-state index contributed by atoms with van der Waals surface area (Å²) in [5.74, 6) is 0.480. The molecule has 0 aliphatic carbocycles. The fourth-order valence-corrected chi connectivity index (χ4v) is 2.96. The van der Waals surface area contributed by atoms with Crippen LogP contribution in [0.3, 0.4) is 0 Å². The molecule has 3 heteroatoms. The van der Waals surface area contributed by atoms with Gasteiger partial charge in [-0.2, -0.15) is 5.26 Å². The molecule has 0 fully saturated rings. The first-order valence-electron chi connectivity index (χ1n) is 6.05. The highest BCUT2D eigenvalue weighted by Gasteiger charge is 2.06. The molecule has 0 spiro atoms. The molecule has 96 valence electrons. The van der Waals surface area contributed by atoms with Crippen LogP contribution in [-0.2, 0) is 16.6 Å². The van der Waals surface area contributed by atoms with Crippen molar-refractivity contribution in [1.29, 1.82) is 5.26 Å². The Hall–Kier alpha value is -1.92. The van der Waals surface area contributed by atoms with Crippen LogP contribution in [0, 0.1) is 25.2 Å². The van der Waals surface area contributed by atoms with E-state index in [-0.39, 0.29) is 0 Å². The first-order chi connectivity index (χ1) is 9.10. The third kappa shape index (κ3) is 3.30. The summed E-state index contributed by atoms with van der Waals surface area (Å²) < 4.78 is 12.3. The normalized spacial score (nSPS) is 11.8. The molecule has 1 atom stereocenters. The molecule has 1 unspecified atom stereocenters. The van der Waals surface area contributed by atoms with Gasteiger partial charge in [-0.25, -0.2) is 0 Å². The molecule has 0 aliphatic heterocycles. The number of aryl methyl sites for hydroxylation is 2. The number of benzene rings is 2. The lowest BCUT2D eigenvalue weighted by Gasteiger charge is -2.06. The van der Waals surface area contributed by atoms with E-state index in [1.54, 1.807) is 12.1 Å². The van der Waals surface area contributed by atoms with E-state index in [1.807, 2.05) is 44.2 Å². The second kappa shape index (κ2) is 5.81. The number of hydrogen-bond donors (Lipinski definition) is 0. The van der Waals surface area contributed by atoms with E-state index in [0.717, 1.165) is 16.0 Å². The number of hydrogen-bond acceptors (Lipinski definition) is 2. The molecule has 0 bridgehead atoms. The van der Waals surface area contributed by atoms with Crippen LogP contribution in [0.15, 0.2) is 47.4 Å². The Bertz CT molecular complexity index is 653. The van der Waals surface area contributed by atoms with Gasteiger partial charge in [-0.1, -0.05) is 18.2 Å². The van der Waals surface area contributed by atoms with Crippen LogP contribution >= 0.6 is 0 Å². The third-order valence-electron chi connectivity index (χ3n) is 3.12. The molecule has 2 aromatic rings. The standard InChI is InChI=1S/C16H15NOS/c1-12-3-8-16(9-13(12)2)19(18)11-15-6-4-14(10-17)5-7-15/h3-9H,11H2,1-2H3. The molecule has 0 heterocycles. The summed E-state index contributed by atoms with van der Waals surface area (Å²) in [6.07, 6.45) is 0. The zero-order valence-corrected chi connectivity index (χ0v) is 11.8. The quantitative estimate of drug-likeness (QED) is 0.856. The van der Waals surface area contributed by atoms with Crippen molar-refractivity contribution in [3.8, 4) is 6.07 Å². The van der Waals surface area contributed by atoms with Crippen LogP contribution in [0.1, 0.15) is 22.3 Å². The van der Waals surface area contributed by atoms with E-state index in [4.69, 9.17) is 5.26 Å². The molecule has 0 N–H and O–H groups in total. The molecule has 0 saturated carbocycles. The van der Waals surface area contributed by atoms with E-state index < -0.39 is 10.8 Å². The van der Waals surface area contributed by atoms with E-state index in [1.165, 1.54) is 5.56 Å². The van der Waals surface area contributed by atoms with Crippen LogP contribution in [0.25, 0.3) is 0 Å². The van der Waals surface area contributed by atoms with Crippen LogP contribution < -0.4 is 0 Å². The summed E-state index contributed by atoms with van der Waals surface area (Å²) >= 11 is 0. The van der Waals surface area contributed by atoms with Crippen molar-refractivity contribution >= 4 is 10.8 Å². The van der Waals surface area contributed by atoms with Crippen molar-refractivity contribution in [2.45, 2.75) is 24.5 Å². The molecular weight excluding hydrogens is 254 g/mol. The van der Waals surface area contributed by atoms with Gasteiger partial charge < -0.3 is 0 Å². The van der Waals surface area contributed by atoms with Gasteiger partial charge in [0.1, 0.15) is 0 Å². The topological polar surface area (TPSA) is 40.9 Å². The predicted octanol–water partition coefficient (Wildman–Crippen LogP) is 3.48. The monoisotopic (exact) mass is 269 g/mol. The fraction of sp³-hybridized carbons (Fsp3) is 0.188. The van der Waals surface area contributed by atoms with Gasteiger partial charge in [0, 0.05) is 4.90 Å². The summed E-state index contributed by atoms with van der Waals surface area (Å²) in [5.41, 5.74) is 3.97. The molecule has 2 rings (SSSR count). The molecule has 0 aromatic heterocycles. The van der Waals surface area contributed by atoms with Crippen molar-refractivity contribution in [2.75, 3.05) is 0 Å². The van der Waals surface area contributed by atoms with Gasteiger partial charge in [0.25, 0.3) is 0 Å². The van der Waals surface area contributed by atoms with E-state index in [2.05, 4.69) is 6.07 Å². The molecular formula is C16H15NOS. The van der Waals surface area contributed by atoms with Crippen molar-refractivity contribution < 1.29 is 4.21 Å². The molecule has 19 heavy (non-hydrogen) atoms. The van der Waals surface area contributed by atoms with Crippen molar-refractivity contribution in [2.24, 2.45) is 0 Å². The highest BCUT2D eigenvalue weighted by atomic mass is 32.2. The highest BCUT2D eigenvalue weighted by molar-refractivity contribution is 7.84. The minimum atomic E-state index is -1.04. The summed E-state index contributed by atoms with van der Waals surface area (Å²) in [7, 11) is -1.04. The van der Waals surface area contributed by atoms with Gasteiger partial charge in [-0.05, 0) is 54.8 Å². The lowest BCUT2D eigenvalue weighted by atomic mass is 10.1. The summed E-state index contributed by atoms with van der Waals surface area (Å²) in [6.45, 7) is 4.07. The average molecular weight is 269 g/mol. The molecule has 2 nitrogen and oxygen atoms in total. The smallest absolute Gasteiger partial charge is 0.0991 e. The first kappa shape index (κ1) is 13.5. The van der Waals surface area contributed by atoms with Crippen molar-refractivity contribution in [3.05, 3.63) is 64.7 Å². The van der Waals surface area contributed by atoms with Crippen LogP contribution in [0.2, 0.25) is 0 Å². The van der Waals surface area contributed by atoms with E-state index in [9.17, 15) is 4.21 Å². The minimum Gasteiger partial charge on any atom is -0.254 e. The Balaban J connectivity index is 2.16. The minimum absolute atomic E-state index is 0.480. The Morgan fingerprint density at radius 1 is 1.05 bits per heavy atom. The zero-order chi connectivity index (χ0) is 13.8. The lowest BCUT2D eigenvalue weighted by molar-refractivity contribution is 0.682. The Morgan fingerprint density at radius 3 is 2.32 bits per heavy atom.